The summed E-state index contributed by atoms with van der Waals surface area (Å²) in [5.74, 6) is 0.806. The van der Waals surface area contributed by atoms with Gasteiger partial charge in [0.2, 0.25) is 0 Å². The van der Waals surface area contributed by atoms with Crippen molar-refractivity contribution >= 4 is 22.6 Å². The number of halogens is 1. The molecule has 1 atom stereocenters. The van der Waals surface area contributed by atoms with Crippen LogP contribution in [0.2, 0.25) is 0 Å². The fraction of sp³-hybridized carbons (Fsp3) is 0.556. The highest BCUT2D eigenvalue weighted by Crippen LogP contribution is 2.21. The van der Waals surface area contributed by atoms with Crippen molar-refractivity contribution < 1.29 is 0 Å². The minimum atomic E-state index is 0.806. The summed E-state index contributed by atoms with van der Waals surface area (Å²) in [6.45, 7) is 2.23. The van der Waals surface area contributed by atoms with Crippen LogP contribution in [0.15, 0.2) is 23.8 Å². The highest BCUT2D eigenvalue weighted by atomic mass is 127. The number of hydrogen-bond donors (Lipinski definition) is 0. The second kappa shape index (κ2) is 4.16. The van der Waals surface area contributed by atoms with Crippen LogP contribution in [0, 0.1) is 5.92 Å². The molecule has 0 amide bonds. The first-order valence-corrected chi connectivity index (χ1v) is 5.31. The van der Waals surface area contributed by atoms with E-state index in [-0.39, 0.29) is 0 Å². The van der Waals surface area contributed by atoms with E-state index >= 15 is 0 Å². The molecule has 0 nitrogen and oxygen atoms in total. The van der Waals surface area contributed by atoms with Crippen molar-refractivity contribution in [3.8, 4) is 0 Å². The lowest BCUT2D eigenvalue weighted by atomic mass is 9.95. The van der Waals surface area contributed by atoms with Gasteiger partial charge >= 0.3 is 0 Å². The van der Waals surface area contributed by atoms with Crippen LogP contribution in [-0.2, 0) is 0 Å². The van der Waals surface area contributed by atoms with Gasteiger partial charge in [0.15, 0.2) is 0 Å². The standard InChI is InChI=1S/C9H13I/c1-2-8-4-3-5-9(6-8)7-10/h3-5,9H,2,6-7H2,1H3. The fourth-order valence-corrected chi connectivity index (χ4v) is 1.79. The maximum Gasteiger partial charge on any atom is 0.00615 e. The van der Waals surface area contributed by atoms with E-state index in [0.29, 0.717) is 0 Å². The Labute approximate surface area is 76.5 Å². The monoisotopic (exact) mass is 248 g/mol. The Balaban J connectivity index is 2.50. The molecule has 0 bridgehead atoms. The molecule has 1 aliphatic rings. The van der Waals surface area contributed by atoms with Gasteiger partial charge in [-0.05, 0) is 18.8 Å². The van der Waals surface area contributed by atoms with Crippen molar-refractivity contribution in [1.29, 1.82) is 0 Å². The van der Waals surface area contributed by atoms with Gasteiger partial charge < -0.3 is 0 Å². The van der Waals surface area contributed by atoms with Gasteiger partial charge in [-0.25, -0.2) is 0 Å². The molecule has 0 aromatic rings. The topological polar surface area (TPSA) is 0 Å². The SMILES string of the molecule is CCC1=CC=CC(CI)C1. The molecule has 0 N–H and O–H groups in total. The highest BCUT2D eigenvalue weighted by molar-refractivity contribution is 14.1. The van der Waals surface area contributed by atoms with Crippen LogP contribution in [0.4, 0.5) is 0 Å². The third-order valence-corrected chi connectivity index (χ3v) is 3.02. The van der Waals surface area contributed by atoms with Crippen LogP contribution in [0.5, 0.6) is 0 Å². The molecule has 1 heteroatoms. The van der Waals surface area contributed by atoms with E-state index in [0.717, 1.165) is 5.92 Å². The summed E-state index contributed by atoms with van der Waals surface area (Å²) in [6, 6.07) is 0. The summed E-state index contributed by atoms with van der Waals surface area (Å²) < 4.78 is 1.26. The molecule has 1 unspecified atom stereocenters. The molecule has 0 saturated carbocycles. The maximum absolute atomic E-state index is 2.45. The molecule has 0 fully saturated rings. The Bertz CT molecular complexity index is 156. The normalized spacial score (nSPS) is 24.6. The zero-order chi connectivity index (χ0) is 7.40. The molecule has 56 valence electrons. The lowest BCUT2D eigenvalue weighted by Gasteiger charge is -2.14. The molecular formula is C9H13I. The van der Waals surface area contributed by atoms with Crippen molar-refractivity contribution in [3.05, 3.63) is 23.8 Å². The number of allylic oxidation sites excluding steroid dienone is 4. The summed E-state index contributed by atoms with van der Waals surface area (Å²) in [7, 11) is 0. The molecule has 0 aliphatic heterocycles. The summed E-state index contributed by atoms with van der Waals surface area (Å²) in [6.07, 6.45) is 9.27. The zero-order valence-corrected chi connectivity index (χ0v) is 8.47. The predicted octanol–water partition coefficient (Wildman–Crippen LogP) is 3.33. The van der Waals surface area contributed by atoms with E-state index in [9.17, 15) is 0 Å². The Hall–Kier alpha value is 0.210. The molecule has 0 spiro atoms. The van der Waals surface area contributed by atoms with Gasteiger partial charge in [-0.3, -0.25) is 0 Å². The van der Waals surface area contributed by atoms with Gasteiger partial charge in [-0.15, -0.1) is 0 Å². The van der Waals surface area contributed by atoms with Crippen LogP contribution in [0.1, 0.15) is 19.8 Å². The van der Waals surface area contributed by atoms with Gasteiger partial charge in [-0.1, -0.05) is 53.3 Å². The Morgan fingerprint density at radius 1 is 1.70 bits per heavy atom. The fourth-order valence-electron chi connectivity index (χ4n) is 1.19. The molecule has 0 radical (unpaired) electrons. The van der Waals surface area contributed by atoms with Crippen LogP contribution < -0.4 is 0 Å². The van der Waals surface area contributed by atoms with Crippen molar-refractivity contribution in [1.82, 2.24) is 0 Å². The Morgan fingerprint density at radius 2 is 2.50 bits per heavy atom. The Kier molecular flexibility index (Phi) is 3.46. The zero-order valence-electron chi connectivity index (χ0n) is 6.31. The van der Waals surface area contributed by atoms with Crippen molar-refractivity contribution in [3.63, 3.8) is 0 Å². The predicted molar refractivity (Wildman–Crippen MR) is 54.5 cm³/mol. The number of alkyl halides is 1. The van der Waals surface area contributed by atoms with Gasteiger partial charge in [-0.2, -0.15) is 0 Å². The van der Waals surface area contributed by atoms with Crippen molar-refractivity contribution in [2.75, 3.05) is 4.43 Å². The Morgan fingerprint density at radius 3 is 3.10 bits per heavy atom. The minimum absolute atomic E-state index is 0.806. The molecule has 0 aromatic heterocycles. The molecule has 0 saturated heterocycles. The molecule has 1 aliphatic carbocycles. The highest BCUT2D eigenvalue weighted by Gasteiger charge is 2.07. The first kappa shape index (κ1) is 8.31. The van der Waals surface area contributed by atoms with Gasteiger partial charge in [0, 0.05) is 4.43 Å². The summed E-state index contributed by atoms with van der Waals surface area (Å²) >= 11 is 2.45. The third kappa shape index (κ3) is 2.11. The van der Waals surface area contributed by atoms with E-state index in [2.05, 4.69) is 47.7 Å². The first-order chi connectivity index (χ1) is 4.86. The maximum atomic E-state index is 2.45. The lowest BCUT2D eigenvalue weighted by Crippen LogP contribution is -2.02. The largest absolute Gasteiger partial charge is 0.0857 e. The second-order valence-electron chi connectivity index (χ2n) is 2.68. The molecule has 0 aromatic carbocycles. The molecular weight excluding hydrogens is 235 g/mol. The van der Waals surface area contributed by atoms with E-state index in [1.165, 1.54) is 17.3 Å². The third-order valence-electron chi connectivity index (χ3n) is 1.89. The van der Waals surface area contributed by atoms with Gasteiger partial charge in [0.25, 0.3) is 0 Å². The summed E-state index contributed by atoms with van der Waals surface area (Å²) in [4.78, 5) is 0. The van der Waals surface area contributed by atoms with Crippen LogP contribution >= 0.6 is 22.6 Å². The van der Waals surface area contributed by atoms with E-state index in [1.54, 1.807) is 5.57 Å². The molecule has 1 rings (SSSR count). The number of rotatable bonds is 2. The van der Waals surface area contributed by atoms with E-state index in [1.807, 2.05) is 0 Å². The lowest BCUT2D eigenvalue weighted by molar-refractivity contribution is 0.708. The molecule has 10 heavy (non-hydrogen) atoms. The average molecular weight is 248 g/mol. The second-order valence-corrected chi connectivity index (χ2v) is 3.56. The van der Waals surface area contributed by atoms with Crippen molar-refractivity contribution in [2.45, 2.75) is 19.8 Å². The van der Waals surface area contributed by atoms with E-state index < -0.39 is 0 Å². The number of hydrogen-bond acceptors (Lipinski definition) is 0. The smallest absolute Gasteiger partial charge is 0.00615 e. The van der Waals surface area contributed by atoms with Crippen LogP contribution in [-0.4, -0.2) is 4.43 Å². The van der Waals surface area contributed by atoms with Crippen molar-refractivity contribution in [2.24, 2.45) is 5.92 Å². The minimum Gasteiger partial charge on any atom is -0.0857 e. The molecule has 0 heterocycles. The van der Waals surface area contributed by atoms with Crippen LogP contribution in [0.25, 0.3) is 0 Å². The summed E-state index contributed by atoms with van der Waals surface area (Å²) in [5, 5.41) is 0. The summed E-state index contributed by atoms with van der Waals surface area (Å²) in [5.41, 5.74) is 1.60. The average Bonchev–Trinajstić information content (AvgIpc) is 2.05. The quantitative estimate of drug-likeness (QED) is 0.519. The van der Waals surface area contributed by atoms with Gasteiger partial charge in [0.1, 0.15) is 0 Å². The van der Waals surface area contributed by atoms with Crippen LogP contribution in [0.3, 0.4) is 0 Å². The van der Waals surface area contributed by atoms with E-state index in [4.69, 9.17) is 0 Å². The van der Waals surface area contributed by atoms with Gasteiger partial charge in [0.05, 0.1) is 0 Å². The first-order valence-electron chi connectivity index (χ1n) is 3.79.